The standard InChI is InChI=1S/C12H19NO3/c1-14-10-6-5-7-11(15-2)12(10)16-9-4-3-8-13/h5-7H,3-4,8-9,13H2,1-2H3. The van der Waals surface area contributed by atoms with Gasteiger partial charge in [-0.05, 0) is 31.5 Å². The Bertz CT molecular complexity index is 293. The SMILES string of the molecule is COc1cccc(OC)c1OCCCCN. The molecule has 0 radical (unpaired) electrons. The Hall–Kier alpha value is -1.42. The molecule has 0 aromatic heterocycles. The smallest absolute Gasteiger partial charge is 0.203 e. The molecule has 0 aliphatic rings. The lowest BCUT2D eigenvalue weighted by Crippen LogP contribution is -2.05. The normalized spacial score (nSPS) is 9.94. The van der Waals surface area contributed by atoms with Gasteiger partial charge in [0.25, 0.3) is 0 Å². The second-order valence-electron chi connectivity index (χ2n) is 3.34. The van der Waals surface area contributed by atoms with E-state index < -0.39 is 0 Å². The molecule has 0 bridgehead atoms. The molecule has 0 aliphatic carbocycles. The van der Waals surface area contributed by atoms with Crippen molar-refractivity contribution in [1.29, 1.82) is 0 Å². The summed E-state index contributed by atoms with van der Waals surface area (Å²) in [6.45, 7) is 1.31. The van der Waals surface area contributed by atoms with Gasteiger partial charge < -0.3 is 19.9 Å². The van der Waals surface area contributed by atoms with Crippen molar-refractivity contribution in [1.82, 2.24) is 0 Å². The minimum atomic E-state index is 0.619. The third-order valence-electron chi connectivity index (χ3n) is 2.23. The second-order valence-corrected chi connectivity index (χ2v) is 3.34. The lowest BCUT2D eigenvalue weighted by atomic mass is 10.3. The van der Waals surface area contributed by atoms with Crippen LogP contribution in [-0.4, -0.2) is 27.4 Å². The highest BCUT2D eigenvalue weighted by atomic mass is 16.5. The van der Waals surface area contributed by atoms with Crippen LogP contribution in [0.25, 0.3) is 0 Å². The van der Waals surface area contributed by atoms with Gasteiger partial charge in [0.1, 0.15) is 0 Å². The van der Waals surface area contributed by atoms with Gasteiger partial charge in [-0.15, -0.1) is 0 Å². The number of hydrogen-bond acceptors (Lipinski definition) is 4. The first-order valence-corrected chi connectivity index (χ1v) is 5.37. The molecule has 1 rings (SSSR count). The summed E-state index contributed by atoms with van der Waals surface area (Å²) in [7, 11) is 3.23. The molecule has 2 N–H and O–H groups in total. The van der Waals surface area contributed by atoms with Crippen LogP contribution in [0, 0.1) is 0 Å². The third-order valence-corrected chi connectivity index (χ3v) is 2.23. The number of unbranched alkanes of at least 4 members (excludes halogenated alkanes) is 1. The minimum Gasteiger partial charge on any atom is -0.493 e. The molecule has 1 aromatic carbocycles. The zero-order chi connectivity index (χ0) is 11.8. The van der Waals surface area contributed by atoms with Crippen LogP contribution >= 0.6 is 0 Å². The Labute approximate surface area is 96.3 Å². The molecular weight excluding hydrogens is 206 g/mol. The van der Waals surface area contributed by atoms with E-state index in [1.165, 1.54) is 0 Å². The molecule has 0 saturated heterocycles. The van der Waals surface area contributed by atoms with E-state index >= 15 is 0 Å². The molecule has 4 nitrogen and oxygen atoms in total. The number of para-hydroxylation sites is 1. The second kappa shape index (κ2) is 6.95. The molecule has 0 unspecified atom stereocenters. The summed E-state index contributed by atoms with van der Waals surface area (Å²) >= 11 is 0. The van der Waals surface area contributed by atoms with Crippen LogP contribution in [0.15, 0.2) is 18.2 Å². The Morgan fingerprint density at radius 3 is 2.19 bits per heavy atom. The molecule has 0 fully saturated rings. The van der Waals surface area contributed by atoms with Crippen LogP contribution in [0.2, 0.25) is 0 Å². The zero-order valence-corrected chi connectivity index (χ0v) is 9.86. The van der Waals surface area contributed by atoms with Crippen molar-refractivity contribution in [3.63, 3.8) is 0 Å². The predicted octanol–water partition coefficient (Wildman–Crippen LogP) is 1.82. The molecule has 0 saturated carbocycles. The fourth-order valence-corrected chi connectivity index (χ4v) is 1.38. The molecule has 0 atom stereocenters. The summed E-state index contributed by atoms with van der Waals surface area (Å²) in [4.78, 5) is 0. The molecular formula is C12H19NO3. The van der Waals surface area contributed by atoms with Crippen LogP contribution in [0.5, 0.6) is 17.2 Å². The van der Waals surface area contributed by atoms with Crippen LogP contribution in [-0.2, 0) is 0 Å². The molecule has 90 valence electrons. The maximum absolute atomic E-state index is 5.65. The van der Waals surface area contributed by atoms with Gasteiger partial charge >= 0.3 is 0 Å². The zero-order valence-electron chi connectivity index (χ0n) is 9.86. The van der Waals surface area contributed by atoms with Gasteiger partial charge in [-0.2, -0.15) is 0 Å². The van der Waals surface area contributed by atoms with E-state index in [-0.39, 0.29) is 0 Å². The third kappa shape index (κ3) is 3.31. The van der Waals surface area contributed by atoms with Crippen molar-refractivity contribution in [2.24, 2.45) is 5.73 Å². The lowest BCUT2D eigenvalue weighted by molar-refractivity contribution is 0.269. The van der Waals surface area contributed by atoms with E-state index in [1.807, 2.05) is 18.2 Å². The van der Waals surface area contributed by atoms with Gasteiger partial charge in [-0.3, -0.25) is 0 Å². The molecule has 0 aliphatic heterocycles. The van der Waals surface area contributed by atoms with E-state index in [9.17, 15) is 0 Å². The fraction of sp³-hybridized carbons (Fsp3) is 0.500. The van der Waals surface area contributed by atoms with E-state index in [4.69, 9.17) is 19.9 Å². The Balaban J connectivity index is 2.67. The van der Waals surface area contributed by atoms with E-state index in [1.54, 1.807) is 14.2 Å². The van der Waals surface area contributed by atoms with Gasteiger partial charge in [0.05, 0.1) is 20.8 Å². The number of hydrogen-bond donors (Lipinski definition) is 1. The summed E-state index contributed by atoms with van der Waals surface area (Å²) in [5.74, 6) is 2.03. The minimum absolute atomic E-state index is 0.619. The first-order chi connectivity index (χ1) is 7.83. The molecule has 16 heavy (non-hydrogen) atoms. The number of rotatable bonds is 7. The monoisotopic (exact) mass is 225 g/mol. The van der Waals surface area contributed by atoms with Crippen molar-refractivity contribution >= 4 is 0 Å². The van der Waals surface area contributed by atoms with Crippen molar-refractivity contribution in [3.05, 3.63) is 18.2 Å². The van der Waals surface area contributed by atoms with Gasteiger partial charge in [-0.25, -0.2) is 0 Å². The topological polar surface area (TPSA) is 53.7 Å². The highest BCUT2D eigenvalue weighted by Gasteiger charge is 2.10. The molecule has 0 heterocycles. The highest BCUT2D eigenvalue weighted by molar-refractivity contribution is 5.50. The Kier molecular flexibility index (Phi) is 5.50. The predicted molar refractivity (Wildman–Crippen MR) is 63.3 cm³/mol. The van der Waals surface area contributed by atoms with Crippen LogP contribution in [0.3, 0.4) is 0 Å². The van der Waals surface area contributed by atoms with Gasteiger partial charge in [0.2, 0.25) is 5.75 Å². The summed E-state index contributed by atoms with van der Waals surface area (Å²) in [5, 5.41) is 0. The summed E-state index contributed by atoms with van der Waals surface area (Å²) in [5.41, 5.74) is 5.42. The van der Waals surface area contributed by atoms with Crippen molar-refractivity contribution < 1.29 is 14.2 Å². The van der Waals surface area contributed by atoms with Gasteiger partial charge in [0.15, 0.2) is 11.5 Å². The van der Waals surface area contributed by atoms with E-state index in [0.29, 0.717) is 30.4 Å². The van der Waals surface area contributed by atoms with Crippen molar-refractivity contribution in [2.45, 2.75) is 12.8 Å². The largest absolute Gasteiger partial charge is 0.493 e. The Morgan fingerprint density at radius 1 is 1.06 bits per heavy atom. The Morgan fingerprint density at radius 2 is 1.69 bits per heavy atom. The first kappa shape index (κ1) is 12.6. The maximum atomic E-state index is 5.65. The lowest BCUT2D eigenvalue weighted by Gasteiger charge is -2.13. The average Bonchev–Trinajstić information content (AvgIpc) is 2.34. The summed E-state index contributed by atoms with van der Waals surface area (Å²) < 4.78 is 16.1. The average molecular weight is 225 g/mol. The number of ether oxygens (including phenoxy) is 3. The quantitative estimate of drug-likeness (QED) is 0.719. The number of nitrogens with two attached hydrogens (primary N) is 1. The summed E-state index contributed by atoms with van der Waals surface area (Å²) in [6, 6.07) is 5.56. The summed E-state index contributed by atoms with van der Waals surface area (Å²) in [6.07, 6.45) is 1.88. The molecule has 4 heteroatoms. The molecule has 0 amide bonds. The molecule has 0 spiro atoms. The van der Waals surface area contributed by atoms with Crippen LogP contribution in [0.1, 0.15) is 12.8 Å². The van der Waals surface area contributed by atoms with Crippen molar-refractivity contribution in [3.8, 4) is 17.2 Å². The van der Waals surface area contributed by atoms with E-state index in [0.717, 1.165) is 12.8 Å². The number of methoxy groups -OCH3 is 2. The van der Waals surface area contributed by atoms with Crippen molar-refractivity contribution in [2.75, 3.05) is 27.4 Å². The van der Waals surface area contributed by atoms with Crippen LogP contribution in [0.4, 0.5) is 0 Å². The first-order valence-electron chi connectivity index (χ1n) is 5.37. The highest BCUT2D eigenvalue weighted by Crippen LogP contribution is 2.36. The fourth-order valence-electron chi connectivity index (χ4n) is 1.38. The van der Waals surface area contributed by atoms with Gasteiger partial charge in [-0.1, -0.05) is 6.07 Å². The van der Waals surface area contributed by atoms with Crippen LogP contribution < -0.4 is 19.9 Å². The number of benzene rings is 1. The van der Waals surface area contributed by atoms with E-state index in [2.05, 4.69) is 0 Å². The van der Waals surface area contributed by atoms with Gasteiger partial charge in [0, 0.05) is 0 Å². The molecule has 1 aromatic rings. The maximum Gasteiger partial charge on any atom is 0.203 e.